The molecule has 9 nitrogen and oxygen atoms in total. The first-order valence-corrected chi connectivity index (χ1v) is 4.08. The van der Waals surface area contributed by atoms with E-state index in [-0.39, 0.29) is 23.5 Å². The number of nitro groups is 1. The van der Waals surface area contributed by atoms with Gasteiger partial charge in [-0.1, -0.05) is 0 Å². The molecule has 0 spiro atoms. The molecule has 0 radical (unpaired) electrons. The van der Waals surface area contributed by atoms with Crippen LogP contribution in [0.4, 0.5) is 17.8 Å². The van der Waals surface area contributed by atoms with Crippen LogP contribution in [-0.4, -0.2) is 19.9 Å². The fourth-order valence-electron chi connectivity index (χ4n) is 1.07. The van der Waals surface area contributed by atoms with Crippen LogP contribution in [0.25, 0.3) is 11.6 Å². The summed E-state index contributed by atoms with van der Waals surface area (Å²) in [5.41, 5.74) is 10.7. The number of hydrogen-bond donors (Lipinski definition) is 2. The Hall–Kier alpha value is -2.71. The highest BCUT2D eigenvalue weighted by molar-refractivity contribution is 5.51. The summed E-state index contributed by atoms with van der Waals surface area (Å²) in [5.74, 6) is -0.415. The molecule has 0 bridgehead atoms. The van der Waals surface area contributed by atoms with Gasteiger partial charge in [-0.15, -0.1) is 0 Å². The Morgan fingerprint density at radius 1 is 1.19 bits per heavy atom. The zero-order valence-corrected chi connectivity index (χ0v) is 7.82. The summed E-state index contributed by atoms with van der Waals surface area (Å²) in [6.07, 6.45) is 0. The number of anilines is 2. The maximum atomic E-state index is 10.4. The van der Waals surface area contributed by atoms with Crippen molar-refractivity contribution in [1.29, 1.82) is 0 Å². The zero-order valence-electron chi connectivity index (χ0n) is 7.82. The number of nitrogen functional groups attached to an aromatic ring is 2. The van der Waals surface area contributed by atoms with Crippen LogP contribution in [0.15, 0.2) is 16.5 Å². The van der Waals surface area contributed by atoms with Gasteiger partial charge in [0.05, 0.1) is 6.07 Å². The molecule has 2 aromatic rings. The van der Waals surface area contributed by atoms with Crippen molar-refractivity contribution in [2.24, 2.45) is 0 Å². The van der Waals surface area contributed by atoms with E-state index in [1.165, 1.54) is 12.1 Å². The molecule has 82 valence electrons. The van der Waals surface area contributed by atoms with Crippen molar-refractivity contribution in [2.45, 2.75) is 0 Å². The summed E-state index contributed by atoms with van der Waals surface area (Å²) in [7, 11) is 0. The minimum atomic E-state index is -0.669. The van der Waals surface area contributed by atoms with Crippen LogP contribution in [0.2, 0.25) is 0 Å². The second kappa shape index (κ2) is 3.46. The third kappa shape index (κ3) is 1.73. The van der Waals surface area contributed by atoms with Gasteiger partial charge in [0.1, 0.15) is 4.92 Å². The maximum absolute atomic E-state index is 10.4. The van der Waals surface area contributed by atoms with Crippen molar-refractivity contribution < 1.29 is 9.34 Å². The van der Waals surface area contributed by atoms with Gasteiger partial charge >= 0.3 is 5.88 Å². The lowest BCUT2D eigenvalue weighted by molar-refractivity contribution is -0.401. The van der Waals surface area contributed by atoms with E-state index in [0.717, 1.165) is 0 Å². The summed E-state index contributed by atoms with van der Waals surface area (Å²) < 4.78 is 4.88. The smallest absolute Gasteiger partial charge is 0.397 e. The van der Waals surface area contributed by atoms with Crippen LogP contribution in [0.1, 0.15) is 0 Å². The first kappa shape index (κ1) is 9.83. The van der Waals surface area contributed by atoms with Gasteiger partial charge in [0.25, 0.3) is 0 Å². The van der Waals surface area contributed by atoms with Crippen LogP contribution in [0.5, 0.6) is 0 Å². The molecule has 0 amide bonds. The molecule has 16 heavy (non-hydrogen) atoms. The fraction of sp³-hybridized carbons (Fsp3) is 0. The highest BCUT2D eigenvalue weighted by atomic mass is 16.6. The van der Waals surface area contributed by atoms with E-state index in [9.17, 15) is 10.1 Å². The number of aromatic nitrogens is 3. The maximum Gasteiger partial charge on any atom is 0.433 e. The molecule has 0 fully saturated rings. The molecule has 0 aromatic carbocycles. The SMILES string of the molecule is Nc1nc(N)nc(-c2ccc([N+](=O)[O-])o2)n1. The Kier molecular flexibility index (Phi) is 2.12. The van der Waals surface area contributed by atoms with E-state index in [2.05, 4.69) is 15.0 Å². The first-order valence-electron chi connectivity index (χ1n) is 4.08. The highest BCUT2D eigenvalue weighted by Crippen LogP contribution is 2.23. The second-order valence-electron chi connectivity index (χ2n) is 2.77. The lowest BCUT2D eigenvalue weighted by Gasteiger charge is -1.97. The van der Waals surface area contributed by atoms with Crippen molar-refractivity contribution in [1.82, 2.24) is 15.0 Å². The molecule has 4 N–H and O–H groups in total. The lowest BCUT2D eigenvalue weighted by Crippen LogP contribution is -2.03. The van der Waals surface area contributed by atoms with Crippen LogP contribution in [0, 0.1) is 10.1 Å². The Bertz CT molecular complexity index is 531. The quantitative estimate of drug-likeness (QED) is 0.540. The molecule has 0 atom stereocenters. The van der Waals surface area contributed by atoms with E-state index >= 15 is 0 Å². The van der Waals surface area contributed by atoms with Gasteiger partial charge in [0, 0.05) is 0 Å². The summed E-state index contributed by atoms with van der Waals surface area (Å²) >= 11 is 0. The van der Waals surface area contributed by atoms with E-state index in [4.69, 9.17) is 15.9 Å². The second-order valence-corrected chi connectivity index (χ2v) is 2.77. The largest absolute Gasteiger partial charge is 0.433 e. The van der Waals surface area contributed by atoms with Gasteiger partial charge in [-0.25, -0.2) is 0 Å². The van der Waals surface area contributed by atoms with Crippen molar-refractivity contribution >= 4 is 17.8 Å². The molecule has 0 saturated heterocycles. The minimum absolute atomic E-state index is 0.0538. The molecule has 0 saturated carbocycles. The monoisotopic (exact) mass is 222 g/mol. The van der Waals surface area contributed by atoms with E-state index in [1.807, 2.05) is 0 Å². The van der Waals surface area contributed by atoms with Gasteiger partial charge in [-0.3, -0.25) is 10.1 Å². The topological polar surface area (TPSA) is 147 Å². The highest BCUT2D eigenvalue weighted by Gasteiger charge is 2.15. The number of rotatable bonds is 2. The predicted octanol–water partition coefficient (Wildman–Crippen LogP) is 0.204. The van der Waals surface area contributed by atoms with Gasteiger partial charge < -0.3 is 15.9 Å². The van der Waals surface area contributed by atoms with E-state index < -0.39 is 10.8 Å². The van der Waals surface area contributed by atoms with Crippen LogP contribution >= 0.6 is 0 Å². The molecule has 2 aromatic heterocycles. The van der Waals surface area contributed by atoms with Gasteiger partial charge in [-0.05, 0) is 6.07 Å². The first-order chi connectivity index (χ1) is 7.56. The third-order valence-corrected chi connectivity index (χ3v) is 1.66. The van der Waals surface area contributed by atoms with Crippen molar-refractivity contribution in [3.8, 4) is 11.6 Å². The Morgan fingerprint density at radius 2 is 1.81 bits per heavy atom. The zero-order chi connectivity index (χ0) is 11.7. The molecular weight excluding hydrogens is 216 g/mol. The summed E-state index contributed by atoms with van der Waals surface area (Å²) in [6, 6.07) is 2.54. The summed E-state index contributed by atoms with van der Waals surface area (Å²) in [4.78, 5) is 20.8. The average Bonchev–Trinajstić information content (AvgIpc) is 2.64. The van der Waals surface area contributed by atoms with Crippen LogP contribution < -0.4 is 11.5 Å². The molecule has 0 aliphatic carbocycles. The number of hydrogen-bond acceptors (Lipinski definition) is 8. The number of furan rings is 1. The van der Waals surface area contributed by atoms with Crippen molar-refractivity contribution in [3.63, 3.8) is 0 Å². The molecule has 2 heterocycles. The summed E-state index contributed by atoms with van der Waals surface area (Å²) in [5, 5.41) is 10.4. The van der Waals surface area contributed by atoms with Crippen molar-refractivity contribution in [2.75, 3.05) is 11.5 Å². The molecular formula is C7H6N6O3. The Morgan fingerprint density at radius 3 is 2.31 bits per heavy atom. The predicted molar refractivity (Wildman–Crippen MR) is 53.0 cm³/mol. The third-order valence-electron chi connectivity index (χ3n) is 1.66. The van der Waals surface area contributed by atoms with Gasteiger partial charge in [0.15, 0.2) is 5.76 Å². The van der Waals surface area contributed by atoms with E-state index in [0.29, 0.717) is 0 Å². The molecule has 0 aliphatic rings. The summed E-state index contributed by atoms with van der Waals surface area (Å²) in [6.45, 7) is 0. The average molecular weight is 222 g/mol. The fourth-order valence-corrected chi connectivity index (χ4v) is 1.07. The van der Waals surface area contributed by atoms with E-state index in [1.54, 1.807) is 0 Å². The Labute approximate surface area is 88.3 Å². The minimum Gasteiger partial charge on any atom is -0.397 e. The Balaban J connectivity index is 2.46. The molecule has 9 heteroatoms. The molecule has 2 rings (SSSR count). The number of nitrogens with zero attached hydrogens (tertiary/aromatic N) is 4. The normalized spacial score (nSPS) is 10.2. The molecule has 0 unspecified atom stereocenters. The van der Waals surface area contributed by atoms with Crippen molar-refractivity contribution in [3.05, 3.63) is 22.2 Å². The standard InChI is InChI=1S/C7H6N6O3/c8-6-10-5(11-7(9)12-6)3-1-2-4(16-3)13(14)15/h1-2H,(H4,8,9,10,11,12). The number of nitrogens with two attached hydrogens (primary N) is 2. The van der Waals surface area contributed by atoms with Crippen LogP contribution in [0.3, 0.4) is 0 Å². The lowest BCUT2D eigenvalue weighted by atomic mass is 10.4. The van der Waals surface area contributed by atoms with Crippen LogP contribution in [-0.2, 0) is 0 Å². The van der Waals surface area contributed by atoms with Gasteiger partial charge in [-0.2, -0.15) is 15.0 Å². The molecule has 0 aliphatic heterocycles. The van der Waals surface area contributed by atoms with Gasteiger partial charge in [0.2, 0.25) is 17.7 Å².